The lowest BCUT2D eigenvalue weighted by Crippen LogP contribution is -1.99. The van der Waals surface area contributed by atoms with Crippen LogP contribution in [0.25, 0.3) is 33.2 Å². The predicted octanol–water partition coefficient (Wildman–Crippen LogP) is 6.93. The number of aryl methyl sites for hydroxylation is 1. The van der Waals surface area contributed by atoms with Gasteiger partial charge in [-0.1, -0.05) is 54.6 Å². The zero-order chi connectivity index (χ0) is 24.3. The molecule has 7 heteroatoms. The Hall–Kier alpha value is -5.04. The van der Waals surface area contributed by atoms with E-state index in [1.54, 1.807) is 6.20 Å². The second-order valence-corrected chi connectivity index (χ2v) is 8.30. The van der Waals surface area contributed by atoms with E-state index < -0.39 is 0 Å². The van der Waals surface area contributed by atoms with Crippen molar-refractivity contribution in [1.29, 1.82) is 0 Å². The summed E-state index contributed by atoms with van der Waals surface area (Å²) in [7, 11) is 0. The number of rotatable bonds is 6. The number of H-pyrrole nitrogens is 1. The van der Waals surface area contributed by atoms with E-state index in [9.17, 15) is 0 Å². The number of aromatic amines is 1. The van der Waals surface area contributed by atoms with Crippen molar-refractivity contribution < 1.29 is 4.74 Å². The Balaban J connectivity index is 1.26. The molecule has 6 aromatic rings. The predicted molar refractivity (Wildman–Crippen MR) is 141 cm³/mol. The molecule has 0 amide bonds. The minimum atomic E-state index is 0.524. The molecule has 0 bridgehead atoms. The van der Waals surface area contributed by atoms with Crippen molar-refractivity contribution in [2.24, 2.45) is 0 Å². The fraction of sp³-hybridized carbons (Fsp3) is 0.0345. The zero-order valence-electron chi connectivity index (χ0n) is 19.5. The molecule has 0 saturated carbocycles. The van der Waals surface area contributed by atoms with E-state index in [2.05, 4.69) is 42.8 Å². The normalized spacial score (nSPS) is 10.9. The molecule has 0 saturated heterocycles. The van der Waals surface area contributed by atoms with Gasteiger partial charge in [0.2, 0.25) is 5.88 Å². The average molecular weight is 471 g/mol. The molecule has 0 aliphatic carbocycles. The lowest BCUT2D eigenvalue weighted by molar-refractivity contribution is 0.465. The topological polar surface area (TPSA) is 88.6 Å². The molecule has 3 aromatic carbocycles. The third-order valence-electron chi connectivity index (χ3n) is 5.96. The highest BCUT2D eigenvalue weighted by molar-refractivity contribution is 6.00. The SMILES string of the molecule is Cc1n[nH]cc1-c1cccnc1Oc1ccc(Nc2nnc(-c3ccccc3)c3ccccc23)cc1. The van der Waals surface area contributed by atoms with Crippen molar-refractivity contribution >= 4 is 22.3 Å². The molecule has 0 atom stereocenters. The largest absolute Gasteiger partial charge is 0.438 e. The summed E-state index contributed by atoms with van der Waals surface area (Å²) in [5, 5.41) is 21.6. The molecule has 6 rings (SSSR count). The number of nitrogens with one attached hydrogen (secondary N) is 2. The Bertz CT molecular complexity index is 1640. The van der Waals surface area contributed by atoms with Crippen molar-refractivity contribution in [3.05, 3.63) is 109 Å². The number of ether oxygens (including phenoxy) is 1. The first-order valence-corrected chi connectivity index (χ1v) is 11.6. The molecule has 0 spiro atoms. The highest BCUT2D eigenvalue weighted by atomic mass is 16.5. The van der Waals surface area contributed by atoms with E-state index in [1.807, 2.05) is 92.0 Å². The lowest BCUT2D eigenvalue weighted by Gasteiger charge is -2.12. The van der Waals surface area contributed by atoms with Crippen molar-refractivity contribution in [2.45, 2.75) is 6.92 Å². The van der Waals surface area contributed by atoms with E-state index >= 15 is 0 Å². The first-order valence-electron chi connectivity index (χ1n) is 11.6. The van der Waals surface area contributed by atoms with Gasteiger partial charge in [-0.05, 0) is 43.3 Å². The zero-order valence-corrected chi connectivity index (χ0v) is 19.5. The van der Waals surface area contributed by atoms with Crippen LogP contribution in [0.3, 0.4) is 0 Å². The van der Waals surface area contributed by atoms with Crippen LogP contribution in [0.4, 0.5) is 11.5 Å². The maximum atomic E-state index is 6.12. The van der Waals surface area contributed by atoms with Gasteiger partial charge in [0.15, 0.2) is 5.82 Å². The van der Waals surface area contributed by atoms with Gasteiger partial charge < -0.3 is 10.1 Å². The molecular weight excluding hydrogens is 448 g/mol. The number of nitrogens with zero attached hydrogens (tertiary/aromatic N) is 4. The van der Waals surface area contributed by atoms with E-state index in [0.717, 1.165) is 44.5 Å². The van der Waals surface area contributed by atoms with Crippen LogP contribution in [0.5, 0.6) is 11.6 Å². The van der Waals surface area contributed by atoms with Gasteiger partial charge in [-0.15, -0.1) is 10.2 Å². The molecule has 0 fully saturated rings. The number of anilines is 2. The Morgan fingerprint density at radius 3 is 2.31 bits per heavy atom. The lowest BCUT2D eigenvalue weighted by atomic mass is 10.0. The molecule has 0 radical (unpaired) electrons. The first-order chi connectivity index (χ1) is 17.8. The summed E-state index contributed by atoms with van der Waals surface area (Å²) in [6, 6.07) is 29.8. The molecule has 0 aliphatic heterocycles. The Morgan fingerprint density at radius 1 is 0.750 bits per heavy atom. The van der Waals surface area contributed by atoms with Gasteiger partial charge in [0, 0.05) is 45.5 Å². The van der Waals surface area contributed by atoms with Crippen LogP contribution in [-0.4, -0.2) is 25.4 Å². The van der Waals surface area contributed by atoms with Gasteiger partial charge in [-0.3, -0.25) is 5.10 Å². The van der Waals surface area contributed by atoms with Crippen molar-refractivity contribution in [3.8, 4) is 34.0 Å². The van der Waals surface area contributed by atoms with Crippen LogP contribution in [0.1, 0.15) is 5.69 Å². The smallest absolute Gasteiger partial charge is 0.227 e. The summed E-state index contributed by atoms with van der Waals surface area (Å²) in [5.41, 5.74) is 5.50. The van der Waals surface area contributed by atoms with Gasteiger partial charge in [-0.2, -0.15) is 5.10 Å². The van der Waals surface area contributed by atoms with Crippen LogP contribution in [-0.2, 0) is 0 Å². The Kier molecular flexibility index (Phi) is 5.56. The molecule has 0 aliphatic rings. The first kappa shape index (κ1) is 21.5. The summed E-state index contributed by atoms with van der Waals surface area (Å²) in [5.74, 6) is 1.90. The van der Waals surface area contributed by atoms with Crippen LogP contribution < -0.4 is 10.1 Å². The number of hydrogen-bond donors (Lipinski definition) is 2. The van der Waals surface area contributed by atoms with E-state index in [0.29, 0.717) is 17.4 Å². The fourth-order valence-electron chi connectivity index (χ4n) is 4.17. The second-order valence-electron chi connectivity index (χ2n) is 8.30. The highest BCUT2D eigenvalue weighted by Gasteiger charge is 2.13. The van der Waals surface area contributed by atoms with Crippen LogP contribution in [0, 0.1) is 6.92 Å². The molecule has 0 unspecified atom stereocenters. The summed E-state index contributed by atoms with van der Waals surface area (Å²) in [6.45, 7) is 1.95. The molecule has 2 N–H and O–H groups in total. The minimum Gasteiger partial charge on any atom is -0.438 e. The standard InChI is InChI=1S/C29H22N6O/c1-19-26(18-31-33-19)25-12-7-17-30-29(25)36-22-15-13-21(14-16-22)32-28-24-11-6-5-10-23(24)27(34-35-28)20-8-3-2-4-9-20/h2-18H,1H3,(H,31,33)(H,32,35). The molecule has 36 heavy (non-hydrogen) atoms. The monoisotopic (exact) mass is 470 g/mol. The number of aromatic nitrogens is 5. The fourth-order valence-corrected chi connectivity index (χ4v) is 4.17. The molecule has 3 aromatic heterocycles. The second kappa shape index (κ2) is 9.31. The van der Waals surface area contributed by atoms with Gasteiger partial charge in [0.25, 0.3) is 0 Å². The van der Waals surface area contributed by atoms with Crippen molar-refractivity contribution in [3.63, 3.8) is 0 Å². The van der Waals surface area contributed by atoms with Crippen LogP contribution in [0.15, 0.2) is 103 Å². The minimum absolute atomic E-state index is 0.524. The number of pyridine rings is 1. The van der Waals surface area contributed by atoms with Crippen molar-refractivity contribution in [1.82, 2.24) is 25.4 Å². The van der Waals surface area contributed by atoms with Crippen molar-refractivity contribution in [2.75, 3.05) is 5.32 Å². The highest BCUT2D eigenvalue weighted by Crippen LogP contribution is 2.34. The van der Waals surface area contributed by atoms with E-state index in [-0.39, 0.29) is 0 Å². The molecule has 3 heterocycles. The van der Waals surface area contributed by atoms with Gasteiger partial charge >= 0.3 is 0 Å². The van der Waals surface area contributed by atoms with Gasteiger partial charge in [0.05, 0.1) is 5.69 Å². The molecular formula is C29H22N6O. The average Bonchev–Trinajstić information content (AvgIpc) is 3.36. The Morgan fingerprint density at radius 2 is 1.53 bits per heavy atom. The summed E-state index contributed by atoms with van der Waals surface area (Å²) < 4.78 is 6.12. The summed E-state index contributed by atoms with van der Waals surface area (Å²) in [6.07, 6.45) is 3.56. The number of benzene rings is 3. The summed E-state index contributed by atoms with van der Waals surface area (Å²) in [4.78, 5) is 4.43. The van der Waals surface area contributed by atoms with E-state index in [4.69, 9.17) is 4.74 Å². The van der Waals surface area contributed by atoms with Crippen LogP contribution in [0.2, 0.25) is 0 Å². The Labute approximate surface area is 207 Å². The molecule has 174 valence electrons. The third kappa shape index (κ3) is 4.14. The van der Waals surface area contributed by atoms with E-state index in [1.165, 1.54) is 0 Å². The van der Waals surface area contributed by atoms with Gasteiger partial charge in [-0.25, -0.2) is 4.98 Å². The number of hydrogen-bond acceptors (Lipinski definition) is 6. The quantitative estimate of drug-likeness (QED) is 0.274. The van der Waals surface area contributed by atoms with Crippen LogP contribution >= 0.6 is 0 Å². The third-order valence-corrected chi connectivity index (χ3v) is 5.96. The number of fused-ring (bicyclic) bond motifs is 1. The maximum Gasteiger partial charge on any atom is 0.227 e. The summed E-state index contributed by atoms with van der Waals surface area (Å²) >= 11 is 0. The maximum absolute atomic E-state index is 6.12. The molecule has 7 nitrogen and oxygen atoms in total. The van der Waals surface area contributed by atoms with Gasteiger partial charge in [0.1, 0.15) is 11.4 Å².